The number of hydrogen-bond acceptors (Lipinski definition) is 4. The maximum Gasteiger partial charge on any atom is 0.264 e. The van der Waals surface area contributed by atoms with Gasteiger partial charge < -0.3 is 9.47 Å². The molecule has 29 heavy (non-hydrogen) atoms. The molecule has 0 bridgehead atoms. The van der Waals surface area contributed by atoms with Crippen molar-refractivity contribution in [3.8, 4) is 11.5 Å². The number of benzene rings is 2. The Morgan fingerprint density at radius 1 is 0.897 bits per heavy atom. The summed E-state index contributed by atoms with van der Waals surface area (Å²) in [6.07, 6.45) is 0.884. The lowest BCUT2D eigenvalue weighted by Gasteiger charge is -2.31. The van der Waals surface area contributed by atoms with E-state index in [9.17, 15) is 4.79 Å². The molecule has 1 heterocycles. The highest BCUT2D eigenvalue weighted by Crippen LogP contribution is 2.36. The van der Waals surface area contributed by atoms with E-state index in [2.05, 4.69) is 34.6 Å². The third-order valence-electron chi connectivity index (χ3n) is 4.78. The van der Waals surface area contributed by atoms with Crippen LogP contribution < -0.4 is 14.4 Å². The first-order valence-corrected chi connectivity index (χ1v) is 9.81. The molecule has 0 saturated carbocycles. The lowest BCUT2D eigenvalue weighted by molar-refractivity contribution is 0.101. The zero-order valence-corrected chi connectivity index (χ0v) is 18.4. The number of aliphatic imine (C=N–C) groups is 1. The Morgan fingerprint density at radius 3 is 1.97 bits per heavy atom. The third-order valence-corrected chi connectivity index (χ3v) is 4.78. The summed E-state index contributed by atoms with van der Waals surface area (Å²) in [6, 6.07) is 13.1. The second-order valence-electron chi connectivity index (χ2n) is 9.24. The number of amidine groups is 1. The number of amides is 1. The summed E-state index contributed by atoms with van der Waals surface area (Å²) in [4.78, 5) is 20.1. The molecule has 0 aliphatic carbocycles. The molecule has 5 heteroatoms. The molecule has 1 aliphatic rings. The fraction of sp³-hybridized carbons (Fsp3) is 0.417. The molecule has 0 unspecified atom stereocenters. The lowest BCUT2D eigenvalue weighted by Crippen LogP contribution is -2.34. The van der Waals surface area contributed by atoms with Crippen LogP contribution in [0.15, 0.2) is 47.5 Å². The number of anilines is 1. The number of rotatable bonds is 5. The largest absolute Gasteiger partial charge is 0.497 e. The Hall–Kier alpha value is -2.82. The van der Waals surface area contributed by atoms with Crippen LogP contribution in [0.3, 0.4) is 0 Å². The van der Waals surface area contributed by atoms with Gasteiger partial charge in [-0.15, -0.1) is 0 Å². The normalized spacial score (nSPS) is 15.6. The van der Waals surface area contributed by atoms with Gasteiger partial charge in [-0.3, -0.25) is 14.7 Å². The van der Waals surface area contributed by atoms with Crippen LogP contribution in [0.2, 0.25) is 0 Å². The summed E-state index contributed by atoms with van der Waals surface area (Å²) in [7, 11) is 3.20. The van der Waals surface area contributed by atoms with Gasteiger partial charge in [-0.25, -0.2) is 0 Å². The number of carbonyl (C=O) groups is 1. The van der Waals surface area contributed by atoms with Crippen molar-refractivity contribution in [2.75, 3.05) is 19.1 Å². The number of carbonyl (C=O) groups excluding carboxylic acids is 1. The fourth-order valence-corrected chi connectivity index (χ4v) is 4.10. The highest BCUT2D eigenvalue weighted by molar-refractivity contribution is 6.36. The van der Waals surface area contributed by atoms with Gasteiger partial charge >= 0.3 is 0 Å². The Morgan fingerprint density at radius 2 is 1.45 bits per heavy atom. The molecule has 0 spiro atoms. The molecule has 5 nitrogen and oxygen atoms in total. The van der Waals surface area contributed by atoms with Crippen LogP contribution in [-0.2, 0) is 0 Å². The van der Waals surface area contributed by atoms with E-state index < -0.39 is 0 Å². The highest BCUT2D eigenvalue weighted by Gasteiger charge is 2.37. The van der Waals surface area contributed by atoms with Gasteiger partial charge in [-0.1, -0.05) is 39.0 Å². The van der Waals surface area contributed by atoms with Crippen molar-refractivity contribution in [2.24, 2.45) is 10.4 Å². The van der Waals surface area contributed by atoms with E-state index in [1.54, 1.807) is 25.2 Å². The van der Waals surface area contributed by atoms with Gasteiger partial charge in [0, 0.05) is 23.8 Å². The zero-order chi connectivity index (χ0) is 21.4. The first-order valence-electron chi connectivity index (χ1n) is 9.81. The van der Waals surface area contributed by atoms with Gasteiger partial charge in [0.1, 0.15) is 17.3 Å². The molecular weight excluding hydrogens is 364 g/mol. The number of fused-ring (bicyclic) bond motifs is 1. The van der Waals surface area contributed by atoms with Crippen molar-refractivity contribution in [3.63, 3.8) is 0 Å². The smallest absolute Gasteiger partial charge is 0.264 e. The highest BCUT2D eigenvalue weighted by atomic mass is 16.5. The summed E-state index contributed by atoms with van der Waals surface area (Å²) in [5, 5.41) is 0. The summed E-state index contributed by atoms with van der Waals surface area (Å²) in [5.41, 5.74) is 1.94. The average molecular weight is 395 g/mol. The standard InChI is InChI=1S/C24H30N2O3/c1-23(2,3)15-24(4,5)25-21-19-10-8-9-11-20(19)22(27)26(21)16-12-17(28-6)14-18(13-16)29-7/h8-14H,15H2,1-7H3. The molecular formula is C24H30N2O3. The minimum atomic E-state index is -0.341. The monoisotopic (exact) mass is 394 g/mol. The number of hydrogen-bond donors (Lipinski definition) is 0. The van der Waals surface area contributed by atoms with Gasteiger partial charge in [0.25, 0.3) is 5.91 Å². The third kappa shape index (κ3) is 4.44. The van der Waals surface area contributed by atoms with E-state index in [1.165, 1.54) is 0 Å². The van der Waals surface area contributed by atoms with Crippen molar-refractivity contribution in [2.45, 2.75) is 46.6 Å². The molecule has 0 N–H and O–H groups in total. The van der Waals surface area contributed by atoms with E-state index in [1.807, 2.05) is 36.4 Å². The molecule has 154 valence electrons. The SMILES string of the molecule is COc1cc(OC)cc(N2C(=O)c3ccccc3C2=NC(C)(C)CC(C)(C)C)c1. The van der Waals surface area contributed by atoms with Crippen molar-refractivity contribution in [1.82, 2.24) is 0 Å². The Labute approximate surface area is 173 Å². The maximum atomic E-state index is 13.3. The van der Waals surface area contributed by atoms with Crippen LogP contribution in [0, 0.1) is 5.41 Å². The van der Waals surface area contributed by atoms with Crippen molar-refractivity contribution in [3.05, 3.63) is 53.6 Å². The summed E-state index contributed by atoms with van der Waals surface area (Å²) in [5.74, 6) is 1.81. The minimum Gasteiger partial charge on any atom is -0.497 e. The molecule has 2 aromatic rings. The van der Waals surface area contributed by atoms with E-state index in [4.69, 9.17) is 14.5 Å². The molecule has 0 saturated heterocycles. The molecule has 0 aromatic heterocycles. The average Bonchev–Trinajstić information content (AvgIpc) is 2.91. The van der Waals surface area contributed by atoms with Gasteiger partial charge in [0.2, 0.25) is 0 Å². The number of methoxy groups -OCH3 is 2. The molecule has 1 amide bonds. The molecule has 2 aromatic carbocycles. The summed E-state index contributed by atoms with van der Waals surface area (Å²) in [6.45, 7) is 10.8. The molecule has 0 radical (unpaired) electrons. The van der Waals surface area contributed by atoms with Crippen LogP contribution in [0.4, 0.5) is 5.69 Å². The van der Waals surface area contributed by atoms with Gasteiger partial charge in [0.05, 0.1) is 31.0 Å². The molecule has 1 aliphatic heterocycles. The van der Waals surface area contributed by atoms with Gasteiger partial charge in [0.15, 0.2) is 0 Å². The van der Waals surface area contributed by atoms with Crippen LogP contribution in [-0.4, -0.2) is 31.5 Å². The molecule has 3 rings (SSSR count). The first-order chi connectivity index (χ1) is 13.5. The number of ether oxygens (including phenoxy) is 2. The minimum absolute atomic E-state index is 0.0961. The van der Waals surface area contributed by atoms with Crippen LogP contribution in [0.5, 0.6) is 11.5 Å². The zero-order valence-electron chi connectivity index (χ0n) is 18.4. The van der Waals surface area contributed by atoms with Crippen molar-refractivity contribution < 1.29 is 14.3 Å². The van der Waals surface area contributed by atoms with Crippen molar-refractivity contribution >= 4 is 17.4 Å². The van der Waals surface area contributed by atoms with Crippen LogP contribution >= 0.6 is 0 Å². The van der Waals surface area contributed by atoms with E-state index in [-0.39, 0.29) is 16.9 Å². The summed E-state index contributed by atoms with van der Waals surface area (Å²) < 4.78 is 10.8. The van der Waals surface area contributed by atoms with Crippen molar-refractivity contribution in [1.29, 1.82) is 0 Å². The predicted molar refractivity (Wildman–Crippen MR) is 117 cm³/mol. The summed E-state index contributed by atoms with van der Waals surface area (Å²) >= 11 is 0. The van der Waals surface area contributed by atoms with E-state index in [0.717, 1.165) is 12.0 Å². The van der Waals surface area contributed by atoms with Gasteiger partial charge in [-0.2, -0.15) is 0 Å². The predicted octanol–water partition coefficient (Wildman–Crippen LogP) is 5.33. The Bertz CT molecular complexity index is 933. The van der Waals surface area contributed by atoms with Gasteiger partial charge in [-0.05, 0) is 31.7 Å². The second kappa shape index (κ2) is 7.54. The topological polar surface area (TPSA) is 51.1 Å². The van der Waals surface area contributed by atoms with Crippen LogP contribution in [0.25, 0.3) is 0 Å². The second-order valence-corrected chi connectivity index (χ2v) is 9.24. The molecule has 0 atom stereocenters. The molecule has 0 fully saturated rings. The lowest BCUT2D eigenvalue weighted by atomic mass is 9.82. The Balaban J connectivity index is 2.18. The first kappa shape index (κ1) is 20.9. The fourth-order valence-electron chi connectivity index (χ4n) is 4.10. The Kier molecular flexibility index (Phi) is 5.44. The van der Waals surface area contributed by atoms with E-state index >= 15 is 0 Å². The quantitative estimate of drug-likeness (QED) is 0.689. The maximum absolute atomic E-state index is 13.3. The van der Waals surface area contributed by atoms with Crippen LogP contribution in [0.1, 0.15) is 57.0 Å². The number of nitrogens with zero attached hydrogens (tertiary/aromatic N) is 2. The van der Waals surface area contributed by atoms with E-state index in [0.29, 0.717) is 28.6 Å².